The van der Waals surface area contributed by atoms with Crippen molar-refractivity contribution in [1.29, 1.82) is 0 Å². The Morgan fingerprint density at radius 2 is 1.94 bits per heavy atom. The van der Waals surface area contributed by atoms with Gasteiger partial charge in [0.1, 0.15) is 12.1 Å². The molecule has 5 atom stereocenters. The van der Waals surface area contributed by atoms with Crippen molar-refractivity contribution in [2.75, 3.05) is 5.75 Å². The van der Waals surface area contributed by atoms with E-state index in [1.165, 1.54) is 11.1 Å². The molecular weight excluding hydrogens is 434 g/mol. The largest absolute Gasteiger partial charge is 0.347 e. The summed E-state index contributed by atoms with van der Waals surface area (Å²) >= 11 is 1.74. The Bertz CT molecular complexity index is 918. The number of nitrogens with one attached hydrogen (secondary N) is 2. The SMILES string of the molecule is CC[C@@H](C)C(=O)N[C@H]1CCS[C@H]2CC(C)(C)C(C(=O)N[C@@H]3CCCc4ccccc43)N2C1=O. The Kier molecular flexibility index (Phi) is 7.08. The molecule has 0 spiro atoms. The molecule has 6 nitrogen and oxygen atoms in total. The molecule has 4 rings (SSSR count). The van der Waals surface area contributed by atoms with Gasteiger partial charge >= 0.3 is 0 Å². The normalized spacial score (nSPS) is 29.5. The first kappa shape index (κ1) is 24.1. The van der Waals surface area contributed by atoms with Crippen molar-refractivity contribution in [2.45, 2.75) is 89.7 Å². The maximum atomic E-state index is 13.7. The Hall–Kier alpha value is -2.02. The molecule has 1 unspecified atom stereocenters. The monoisotopic (exact) mass is 471 g/mol. The second-order valence-electron chi connectivity index (χ2n) is 10.5. The molecule has 180 valence electrons. The number of nitrogens with zero attached hydrogens (tertiary/aromatic N) is 1. The van der Waals surface area contributed by atoms with Gasteiger partial charge in [0.15, 0.2) is 0 Å². The second-order valence-corrected chi connectivity index (χ2v) is 11.8. The summed E-state index contributed by atoms with van der Waals surface area (Å²) in [5.41, 5.74) is 2.15. The first-order chi connectivity index (χ1) is 15.7. The van der Waals surface area contributed by atoms with E-state index in [9.17, 15) is 14.4 Å². The van der Waals surface area contributed by atoms with Gasteiger partial charge in [0.05, 0.1) is 11.4 Å². The first-order valence-corrected chi connectivity index (χ1v) is 13.4. The number of carbonyl (C=O) groups excluding carboxylic acids is 3. The number of thioether (sulfide) groups is 1. The Morgan fingerprint density at radius 3 is 2.70 bits per heavy atom. The van der Waals surface area contributed by atoms with Crippen LogP contribution in [0.1, 0.15) is 77.0 Å². The van der Waals surface area contributed by atoms with Crippen LogP contribution in [0.5, 0.6) is 0 Å². The summed E-state index contributed by atoms with van der Waals surface area (Å²) in [4.78, 5) is 41.8. The minimum atomic E-state index is -0.566. The van der Waals surface area contributed by atoms with Crippen LogP contribution in [0.2, 0.25) is 0 Å². The van der Waals surface area contributed by atoms with E-state index in [4.69, 9.17) is 0 Å². The third-order valence-electron chi connectivity index (χ3n) is 7.61. The van der Waals surface area contributed by atoms with Gasteiger partial charge in [-0.1, -0.05) is 52.0 Å². The summed E-state index contributed by atoms with van der Waals surface area (Å²) in [5, 5.41) is 6.24. The number of hydrogen-bond donors (Lipinski definition) is 2. The Balaban J connectivity index is 1.56. The predicted octanol–water partition coefficient (Wildman–Crippen LogP) is 3.80. The molecule has 2 fully saturated rings. The Labute approximate surface area is 201 Å². The van der Waals surface area contributed by atoms with E-state index in [1.807, 2.05) is 19.9 Å². The van der Waals surface area contributed by atoms with E-state index in [2.05, 4.69) is 42.7 Å². The number of amides is 3. The zero-order valence-electron chi connectivity index (χ0n) is 20.2. The number of hydrogen-bond acceptors (Lipinski definition) is 4. The average Bonchev–Trinajstić information content (AvgIpc) is 2.99. The van der Waals surface area contributed by atoms with Crippen molar-refractivity contribution in [3.8, 4) is 0 Å². The van der Waals surface area contributed by atoms with Gasteiger partial charge < -0.3 is 15.5 Å². The van der Waals surface area contributed by atoms with Gasteiger partial charge in [-0.25, -0.2) is 0 Å². The van der Waals surface area contributed by atoms with E-state index in [0.717, 1.165) is 37.9 Å². The number of benzene rings is 1. The van der Waals surface area contributed by atoms with Crippen molar-refractivity contribution in [3.05, 3.63) is 35.4 Å². The van der Waals surface area contributed by atoms with Gasteiger partial charge in [-0.2, -0.15) is 0 Å². The Morgan fingerprint density at radius 1 is 1.18 bits per heavy atom. The molecule has 2 aliphatic heterocycles. The van der Waals surface area contributed by atoms with Gasteiger partial charge in [0.25, 0.3) is 0 Å². The third kappa shape index (κ3) is 4.79. The maximum Gasteiger partial charge on any atom is 0.246 e. The van der Waals surface area contributed by atoms with Crippen molar-refractivity contribution >= 4 is 29.5 Å². The summed E-state index contributed by atoms with van der Waals surface area (Å²) in [6.45, 7) is 8.02. The van der Waals surface area contributed by atoms with E-state index in [-0.39, 0.29) is 40.5 Å². The second kappa shape index (κ2) is 9.69. The number of aryl methyl sites for hydroxylation is 1. The van der Waals surface area contributed by atoms with Crippen molar-refractivity contribution in [1.82, 2.24) is 15.5 Å². The number of carbonyl (C=O) groups is 3. The van der Waals surface area contributed by atoms with Crippen molar-refractivity contribution in [3.63, 3.8) is 0 Å². The summed E-state index contributed by atoms with van der Waals surface area (Å²) in [6.07, 6.45) is 5.10. The van der Waals surface area contributed by atoms with Crippen LogP contribution >= 0.6 is 11.8 Å². The molecule has 0 aromatic heterocycles. The van der Waals surface area contributed by atoms with Crippen molar-refractivity contribution < 1.29 is 14.4 Å². The molecule has 0 bridgehead atoms. The third-order valence-corrected chi connectivity index (χ3v) is 8.86. The zero-order chi connectivity index (χ0) is 23.8. The van der Waals surface area contributed by atoms with Gasteiger partial charge in [-0.05, 0) is 60.8 Å². The molecule has 2 heterocycles. The quantitative estimate of drug-likeness (QED) is 0.685. The van der Waals surface area contributed by atoms with E-state index in [0.29, 0.717) is 6.42 Å². The fourth-order valence-electron chi connectivity index (χ4n) is 5.51. The number of fused-ring (bicyclic) bond motifs is 2. The highest BCUT2D eigenvalue weighted by atomic mass is 32.2. The highest BCUT2D eigenvalue weighted by Crippen LogP contribution is 2.46. The lowest BCUT2D eigenvalue weighted by Crippen LogP contribution is -2.57. The summed E-state index contributed by atoms with van der Waals surface area (Å²) in [5.74, 6) is 0.379. The van der Waals surface area contributed by atoms with E-state index in [1.54, 1.807) is 16.7 Å². The fraction of sp³-hybridized carbons (Fsp3) is 0.654. The lowest BCUT2D eigenvalue weighted by molar-refractivity contribution is -0.144. The standard InChI is InChI=1S/C26H37N3O3S/c1-5-16(2)23(30)28-20-13-14-33-21-15-26(3,4)22(29(21)25(20)32)24(31)27-19-12-8-10-17-9-6-7-11-18(17)19/h6-7,9,11,16,19-22H,5,8,10,12-15H2,1-4H3,(H,27,31)(H,28,30)/t16-,19-,20+,21+,22?/m1/s1. The lowest BCUT2D eigenvalue weighted by Gasteiger charge is -2.36. The van der Waals surface area contributed by atoms with Gasteiger partial charge in [0.2, 0.25) is 17.7 Å². The van der Waals surface area contributed by atoms with Crippen LogP contribution in [0.3, 0.4) is 0 Å². The molecule has 2 N–H and O–H groups in total. The molecule has 3 amide bonds. The smallest absolute Gasteiger partial charge is 0.246 e. The minimum absolute atomic E-state index is 0.0204. The molecule has 1 aliphatic carbocycles. The zero-order valence-corrected chi connectivity index (χ0v) is 21.0. The molecule has 1 aromatic rings. The van der Waals surface area contributed by atoms with Crippen LogP contribution in [-0.4, -0.2) is 45.8 Å². The topological polar surface area (TPSA) is 78.5 Å². The molecule has 1 aromatic carbocycles. The fourth-order valence-corrected chi connectivity index (χ4v) is 7.08. The van der Waals surface area contributed by atoms with E-state index < -0.39 is 12.1 Å². The molecular formula is C26H37N3O3S. The van der Waals surface area contributed by atoms with Gasteiger partial charge in [-0.3, -0.25) is 14.4 Å². The molecule has 0 radical (unpaired) electrons. The molecule has 7 heteroatoms. The molecule has 2 saturated heterocycles. The number of rotatable bonds is 5. The van der Waals surface area contributed by atoms with Crippen LogP contribution in [0.15, 0.2) is 24.3 Å². The highest BCUT2D eigenvalue weighted by Gasteiger charge is 2.54. The average molecular weight is 472 g/mol. The van der Waals surface area contributed by atoms with Crippen LogP contribution in [0.4, 0.5) is 0 Å². The highest BCUT2D eigenvalue weighted by molar-refractivity contribution is 7.99. The first-order valence-electron chi connectivity index (χ1n) is 12.3. The van der Waals surface area contributed by atoms with Crippen LogP contribution in [0.25, 0.3) is 0 Å². The molecule has 3 aliphatic rings. The van der Waals surface area contributed by atoms with Crippen LogP contribution < -0.4 is 10.6 Å². The van der Waals surface area contributed by atoms with Crippen LogP contribution in [0, 0.1) is 11.3 Å². The summed E-state index contributed by atoms with van der Waals surface area (Å²) in [6, 6.07) is 7.19. The summed E-state index contributed by atoms with van der Waals surface area (Å²) in [7, 11) is 0. The summed E-state index contributed by atoms with van der Waals surface area (Å²) < 4.78 is 0. The minimum Gasteiger partial charge on any atom is -0.347 e. The molecule has 0 saturated carbocycles. The molecule has 33 heavy (non-hydrogen) atoms. The van der Waals surface area contributed by atoms with E-state index >= 15 is 0 Å². The predicted molar refractivity (Wildman–Crippen MR) is 132 cm³/mol. The van der Waals surface area contributed by atoms with Crippen LogP contribution in [-0.2, 0) is 20.8 Å². The maximum absolute atomic E-state index is 13.7. The lowest BCUT2D eigenvalue weighted by atomic mass is 9.83. The van der Waals surface area contributed by atoms with Gasteiger partial charge in [0, 0.05) is 5.92 Å². The van der Waals surface area contributed by atoms with Crippen molar-refractivity contribution in [2.24, 2.45) is 11.3 Å². The van der Waals surface area contributed by atoms with Gasteiger partial charge in [-0.15, -0.1) is 11.8 Å².